The van der Waals surface area contributed by atoms with Gasteiger partial charge in [-0.15, -0.1) is 0 Å². The predicted octanol–water partition coefficient (Wildman–Crippen LogP) is 2.59. The number of halogens is 1. The molecular weight excluding hydrogens is 270 g/mol. The van der Waals surface area contributed by atoms with Crippen molar-refractivity contribution >= 4 is 21.6 Å². The lowest BCUT2D eigenvalue weighted by Gasteiger charge is -2.02. The Morgan fingerprint density at radius 2 is 2.12 bits per heavy atom. The van der Waals surface area contributed by atoms with Crippen LogP contribution < -0.4 is 0 Å². The van der Waals surface area contributed by atoms with Crippen LogP contribution in [-0.4, -0.2) is 20.9 Å². The molecule has 0 aliphatic rings. The average molecular weight is 280 g/mol. The highest BCUT2D eigenvalue weighted by Gasteiger charge is 2.07. The van der Waals surface area contributed by atoms with Gasteiger partial charge in [-0.2, -0.15) is 0 Å². The third-order valence-electron chi connectivity index (χ3n) is 2.19. The van der Waals surface area contributed by atoms with E-state index < -0.39 is 0 Å². The first-order valence-corrected chi connectivity index (χ1v) is 5.54. The molecule has 0 atom stereocenters. The maximum Gasteiger partial charge on any atom is 0.112 e. The molecule has 0 aliphatic carbocycles. The molecule has 1 heterocycles. The monoisotopic (exact) mass is 279 g/mol. The molecule has 82 valence electrons. The number of imidazole rings is 1. The van der Waals surface area contributed by atoms with E-state index in [9.17, 15) is 0 Å². The van der Waals surface area contributed by atoms with Gasteiger partial charge in [0.1, 0.15) is 5.82 Å². The molecule has 2 N–H and O–H groups in total. The molecule has 0 aliphatic heterocycles. The maximum absolute atomic E-state index is 8.98. The first kappa shape index (κ1) is 10.9. The molecule has 0 amide bonds. The number of benzene rings is 1. The maximum atomic E-state index is 8.98. The minimum absolute atomic E-state index is 0.477. The molecule has 0 spiro atoms. The van der Waals surface area contributed by atoms with Gasteiger partial charge in [-0.1, -0.05) is 33.2 Å². The van der Waals surface area contributed by atoms with E-state index in [1.54, 1.807) is 12.4 Å². The minimum atomic E-state index is 0.477. The van der Waals surface area contributed by atoms with Crippen LogP contribution in [0.2, 0.25) is 0 Å². The van der Waals surface area contributed by atoms with Gasteiger partial charge in [0.05, 0.1) is 12.1 Å². The van der Waals surface area contributed by atoms with Crippen LogP contribution >= 0.6 is 15.9 Å². The third-order valence-corrected chi connectivity index (χ3v) is 2.72. The van der Waals surface area contributed by atoms with Gasteiger partial charge in [-0.25, -0.2) is 4.98 Å². The van der Waals surface area contributed by atoms with Crippen LogP contribution in [0.5, 0.6) is 0 Å². The Morgan fingerprint density at radius 3 is 2.69 bits per heavy atom. The van der Waals surface area contributed by atoms with Crippen LogP contribution in [0.4, 0.5) is 0 Å². The fourth-order valence-corrected chi connectivity index (χ4v) is 1.66. The van der Waals surface area contributed by atoms with Crippen molar-refractivity contribution in [3.05, 3.63) is 52.5 Å². The molecule has 4 nitrogen and oxygen atoms in total. The van der Waals surface area contributed by atoms with Gasteiger partial charge in [0.25, 0.3) is 0 Å². The van der Waals surface area contributed by atoms with E-state index in [1.807, 2.05) is 24.3 Å². The Morgan fingerprint density at radius 1 is 1.38 bits per heavy atom. The van der Waals surface area contributed by atoms with Crippen LogP contribution in [0.15, 0.2) is 46.3 Å². The number of H-pyrrole nitrogens is 1. The number of hydrogen-bond donors (Lipinski definition) is 2. The van der Waals surface area contributed by atoms with Crippen molar-refractivity contribution in [1.29, 1.82) is 0 Å². The molecule has 0 fully saturated rings. The Balaban J connectivity index is 2.20. The first-order chi connectivity index (χ1) is 7.79. The summed E-state index contributed by atoms with van der Waals surface area (Å²) in [5.41, 5.74) is 1.46. The standard InChI is InChI=1S/C11H10BrN3O/c12-9-3-1-8(2-4-9)10(15-16)7-11-13-5-6-14-11/h1-6,16H,7H2,(H,13,14)/b15-10-. The summed E-state index contributed by atoms with van der Waals surface area (Å²) in [7, 11) is 0. The number of oxime groups is 1. The van der Waals surface area contributed by atoms with Crippen LogP contribution in [0, 0.1) is 0 Å². The Kier molecular flexibility index (Phi) is 3.36. The summed E-state index contributed by atoms with van der Waals surface area (Å²) >= 11 is 3.36. The van der Waals surface area contributed by atoms with Gasteiger partial charge in [-0.3, -0.25) is 0 Å². The van der Waals surface area contributed by atoms with Gasteiger partial charge in [0.15, 0.2) is 0 Å². The van der Waals surface area contributed by atoms with E-state index in [0.29, 0.717) is 12.1 Å². The summed E-state index contributed by atoms with van der Waals surface area (Å²) in [4.78, 5) is 7.06. The van der Waals surface area contributed by atoms with Crippen LogP contribution in [0.1, 0.15) is 11.4 Å². The Bertz CT molecular complexity index is 476. The topological polar surface area (TPSA) is 61.3 Å². The highest BCUT2D eigenvalue weighted by molar-refractivity contribution is 9.10. The summed E-state index contributed by atoms with van der Waals surface area (Å²) in [5.74, 6) is 0.774. The molecule has 1 aromatic carbocycles. The van der Waals surface area contributed by atoms with Crippen molar-refractivity contribution in [2.75, 3.05) is 0 Å². The smallest absolute Gasteiger partial charge is 0.112 e. The lowest BCUT2D eigenvalue weighted by molar-refractivity contribution is 0.318. The van der Waals surface area contributed by atoms with Crippen molar-refractivity contribution in [2.24, 2.45) is 5.16 Å². The number of aromatic amines is 1. The van der Waals surface area contributed by atoms with Crippen LogP contribution in [0.25, 0.3) is 0 Å². The second-order valence-corrected chi connectivity index (χ2v) is 4.18. The summed E-state index contributed by atoms with van der Waals surface area (Å²) < 4.78 is 0.992. The quantitative estimate of drug-likeness (QED) is 0.515. The minimum Gasteiger partial charge on any atom is -0.411 e. The van der Waals surface area contributed by atoms with E-state index in [1.165, 1.54) is 0 Å². The molecule has 0 radical (unpaired) electrons. The zero-order valence-electron chi connectivity index (χ0n) is 8.39. The molecule has 0 bridgehead atoms. The van der Waals surface area contributed by atoms with E-state index in [0.717, 1.165) is 15.9 Å². The second-order valence-electron chi connectivity index (χ2n) is 3.27. The number of hydrogen-bond acceptors (Lipinski definition) is 3. The lowest BCUT2D eigenvalue weighted by atomic mass is 10.1. The van der Waals surface area contributed by atoms with Gasteiger partial charge >= 0.3 is 0 Å². The molecule has 5 heteroatoms. The fraction of sp³-hybridized carbons (Fsp3) is 0.0909. The molecule has 1 aromatic heterocycles. The molecular formula is C11H10BrN3O. The Labute approximate surface area is 101 Å². The van der Waals surface area contributed by atoms with Gasteiger partial charge in [0.2, 0.25) is 0 Å². The summed E-state index contributed by atoms with van der Waals surface area (Å²) in [6, 6.07) is 7.59. The van der Waals surface area contributed by atoms with Gasteiger partial charge in [0, 0.05) is 16.9 Å². The summed E-state index contributed by atoms with van der Waals surface area (Å²) in [6.45, 7) is 0. The van der Waals surface area contributed by atoms with Crippen molar-refractivity contribution in [1.82, 2.24) is 9.97 Å². The van der Waals surface area contributed by atoms with E-state index >= 15 is 0 Å². The normalized spacial score (nSPS) is 11.7. The van der Waals surface area contributed by atoms with Crippen molar-refractivity contribution < 1.29 is 5.21 Å². The zero-order chi connectivity index (χ0) is 11.4. The Hall–Kier alpha value is -1.62. The fourth-order valence-electron chi connectivity index (χ4n) is 1.39. The highest BCUT2D eigenvalue weighted by Crippen LogP contribution is 2.12. The van der Waals surface area contributed by atoms with Crippen LogP contribution in [-0.2, 0) is 6.42 Å². The largest absolute Gasteiger partial charge is 0.411 e. The first-order valence-electron chi connectivity index (χ1n) is 4.74. The molecule has 2 rings (SSSR count). The number of rotatable bonds is 3. The van der Waals surface area contributed by atoms with Crippen molar-refractivity contribution in [3.63, 3.8) is 0 Å². The third kappa shape index (κ3) is 2.49. The van der Waals surface area contributed by atoms with Gasteiger partial charge < -0.3 is 10.2 Å². The number of aromatic nitrogens is 2. The van der Waals surface area contributed by atoms with Crippen molar-refractivity contribution in [2.45, 2.75) is 6.42 Å². The molecule has 16 heavy (non-hydrogen) atoms. The summed E-state index contributed by atoms with van der Waals surface area (Å²) in [5, 5.41) is 12.3. The van der Waals surface area contributed by atoms with E-state index in [-0.39, 0.29) is 0 Å². The number of nitrogens with one attached hydrogen (secondary N) is 1. The SMILES string of the molecule is O/N=C(/Cc1ncc[nH]1)c1ccc(Br)cc1. The number of nitrogens with zero attached hydrogens (tertiary/aromatic N) is 2. The van der Waals surface area contributed by atoms with E-state index in [2.05, 4.69) is 31.1 Å². The highest BCUT2D eigenvalue weighted by atomic mass is 79.9. The van der Waals surface area contributed by atoms with Gasteiger partial charge in [-0.05, 0) is 17.7 Å². The van der Waals surface area contributed by atoms with Crippen molar-refractivity contribution in [3.8, 4) is 0 Å². The summed E-state index contributed by atoms with van der Waals surface area (Å²) in [6.07, 6.45) is 3.89. The average Bonchev–Trinajstić information content (AvgIpc) is 2.80. The second kappa shape index (κ2) is 4.94. The van der Waals surface area contributed by atoms with Crippen LogP contribution in [0.3, 0.4) is 0 Å². The van der Waals surface area contributed by atoms with E-state index in [4.69, 9.17) is 5.21 Å². The zero-order valence-corrected chi connectivity index (χ0v) is 9.98. The molecule has 0 unspecified atom stereocenters. The molecule has 0 saturated carbocycles. The molecule has 2 aromatic rings. The molecule has 0 saturated heterocycles. The predicted molar refractivity (Wildman–Crippen MR) is 64.8 cm³/mol. The lowest BCUT2D eigenvalue weighted by Crippen LogP contribution is -2.06.